The molecule has 2 aromatic rings. The monoisotopic (exact) mass is 426 g/mol. The molecular formula is C18H16BrFO4S. The van der Waals surface area contributed by atoms with Crippen molar-refractivity contribution in [1.82, 2.24) is 0 Å². The lowest BCUT2D eigenvalue weighted by Gasteiger charge is -2.29. The Morgan fingerprint density at radius 3 is 2.24 bits per heavy atom. The number of halogens is 2. The molecule has 0 saturated carbocycles. The molecule has 0 spiro atoms. The molecule has 2 rings (SSSR count). The van der Waals surface area contributed by atoms with Gasteiger partial charge in [-0.25, -0.2) is 17.6 Å². The Labute approximate surface area is 154 Å². The van der Waals surface area contributed by atoms with Gasteiger partial charge in [0.05, 0.1) is 17.9 Å². The first-order valence-corrected chi connectivity index (χ1v) is 9.51. The lowest BCUT2D eigenvalue weighted by Crippen LogP contribution is -2.47. The number of alkyl halides is 1. The van der Waals surface area contributed by atoms with Crippen molar-refractivity contribution in [3.8, 4) is 0 Å². The molecular weight excluding hydrogens is 411 g/mol. The number of ether oxygens (including phenoxy) is 1. The second kappa shape index (κ2) is 7.49. The molecule has 25 heavy (non-hydrogen) atoms. The molecule has 0 N–H and O–H groups in total. The summed E-state index contributed by atoms with van der Waals surface area (Å²) in [6.45, 7) is 3.53. The Morgan fingerprint density at radius 1 is 1.20 bits per heavy atom. The van der Waals surface area contributed by atoms with Crippen LogP contribution in [0.1, 0.15) is 11.5 Å². The summed E-state index contributed by atoms with van der Waals surface area (Å²) < 4.78 is 47.1. The number of methoxy groups -OCH3 is 1. The molecule has 2 aromatic carbocycles. The van der Waals surface area contributed by atoms with Crippen molar-refractivity contribution < 1.29 is 22.3 Å². The van der Waals surface area contributed by atoms with Gasteiger partial charge in [-0.2, -0.15) is 0 Å². The van der Waals surface area contributed by atoms with Crippen LogP contribution in [0.3, 0.4) is 0 Å². The number of hydrogen-bond acceptors (Lipinski definition) is 4. The van der Waals surface area contributed by atoms with Crippen molar-refractivity contribution in [3.05, 3.63) is 77.3 Å². The third kappa shape index (κ3) is 3.39. The lowest BCUT2D eigenvalue weighted by molar-refractivity contribution is -0.149. The Hall–Kier alpha value is -1.99. The van der Waals surface area contributed by atoms with Crippen molar-refractivity contribution in [1.29, 1.82) is 0 Å². The molecule has 132 valence electrons. The van der Waals surface area contributed by atoms with Gasteiger partial charge in [0.15, 0.2) is 0 Å². The summed E-state index contributed by atoms with van der Waals surface area (Å²) in [5.74, 6) is -2.94. The summed E-state index contributed by atoms with van der Waals surface area (Å²) in [7, 11) is -3.76. The van der Waals surface area contributed by atoms with Crippen molar-refractivity contribution >= 4 is 31.7 Å². The van der Waals surface area contributed by atoms with E-state index in [-0.39, 0.29) is 10.5 Å². The van der Waals surface area contributed by atoms with Crippen molar-refractivity contribution in [2.75, 3.05) is 7.11 Å². The average molecular weight is 427 g/mol. The van der Waals surface area contributed by atoms with E-state index >= 15 is 4.39 Å². The molecule has 0 aliphatic rings. The molecule has 0 aromatic heterocycles. The fraction of sp³-hybridized carbons (Fsp3) is 0.167. The van der Waals surface area contributed by atoms with Gasteiger partial charge >= 0.3 is 11.0 Å². The summed E-state index contributed by atoms with van der Waals surface area (Å²) >= 11 is 3.26. The number of allylic oxidation sites excluding steroid dienone is 1. The Kier molecular flexibility index (Phi) is 5.80. The van der Waals surface area contributed by atoms with E-state index in [1.165, 1.54) is 36.4 Å². The van der Waals surface area contributed by atoms with Gasteiger partial charge in [-0.05, 0) is 29.8 Å². The van der Waals surface area contributed by atoms with Gasteiger partial charge in [0, 0.05) is 4.47 Å². The number of carbonyl (C=O) groups is 1. The summed E-state index contributed by atoms with van der Waals surface area (Å²) in [5.41, 5.74) is 0.283. The Balaban J connectivity index is 2.70. The maximum Gasteiger partial charge on any atom is 0.361 e. The SMILES string of the molecule is C=C[C@H](c1ccc(Br)cc1)[C@@](F)(C(=O)OC)S(=O)(=O)c1ccccc1. The van der Waals surface area contributed by atoms with Crippen LogP contribution in [-0.4, -0.2) is 26.5 Å². The summed E-state index contributed by atoms with van der Waals surface area (Å²) in [6.07, 6.45) is 1.10. The van der Waals surface area contributed by atoms with Crippen LogP contribution < -0.4 is 0 Å². The standard InChI is InChI=1S/C18H16BrFO4S/c1-3-16(13-9-11-14(19)12-10-13)18(20,17(21)24-2)25(22,23)15-7-5-4-6-8-15/h3-12,16H,1H2,2H3/t16-,18+/m1/s1. The van der Waals surface area contributed by atoms with E-state index in [0.29, 0.717) is 0 Å². The highest BCUT2D eigenvalue weighted by Gasteiger charge is 2.59. The van der Waals surface area contributed by atoms with Crippen LogP contribution >= 0.6 is 15.9 Å². The van der Waals surface area contributed by atoms with E-state index in [1.54, 1.807) is 18.2 Å². The van der Waals surface area contributed by atoms with Crippen LogP contribution in [0.25, 0.3) is 0 Å². The minimum absolute atomic E-state index is 0.283. The fourth-order valence-electron chi connectivity index (χ4n) is 2.49. The number of carbonyl (C=O) groups excluding carboxylic acids is 1. The highest BCUT2D eigenvalue weighted by molar-refractivity contribution is 9.10. The molecule has 2 atom stereocenters. The quantitative estimate of drug-likeness (QED) is 0.516. The normalized spacial score (nSPS) is 15.0. The zero-order valence-corrected chi connectivity index (χ0v) is 15.8. The van der Waals surface area contributed by atoms with E-state index in [1.807, 2.05) is 0 Å². The van der Waals surface area contributed by atoms with Crippen LogP contribution in [0.2, 0.25) is 0 Å². The third-order valence-corrected chi connectivity index (χ3v) is 6.40. The molecule has 0 amide bonds. The topological polar surface area (TPSA) is 60.4 Å². The van der Waals surface area contributed by atoms with Crippen LogP contribution in [0.15, 0.2) is 76.6 Å². The van der Waals surface area contributed by atoms with Crippen LogP contribution in [0.5, 0.6) is 0 Å². The summed E-state index contributed by atoms with van der Waals surface area (Å²) in [6, 6.07) is 13.2. The molecule has 0 bridgehead atoms. The predicted octanol–water partition coefficient (Wildman–Crippen LogP) is 4.03. The van der Waals surface area contributed by atoms with Crippen molar-refractivity contribution in [3.63, 3.8) is 0 Å². The Morgan fingerprint density at radius 2 is 1.76 bits per heavy atom. The Bertz CT molecular complexity index is 866. The van der Waals surface area contributed by atoms with Gasteiger partial charge in [0.2, 0.25) is 9.84 Å². The van der Waals surface area contributed by atoms with Crippen molar-refractivity contribution in [2.45, 2.75) is 15.8 Å². The lowest BCUT2D eigenvalue weighted by atomic mass is 9.94. The minimum Gasteiger partial charge on any atom is -0.466 e. The smallest absolute Gasteiger partial charge is 0.361 e. The summed E-state index contributed by atoms with van der Waals surface area (Å²) in [4.78, 5) is 11.9. The molecule has 0 saturated heterocycles. The zero-order valence-electron chi connectivity index (χ0n) is 13.4. The molecule has 0 heterocycles. The largest absolute Gasteiger partial charge is 0.466 e. The number of rotatable bonds is 6. The van der Waals surface area contributed by atoms with Gasteiger partial charge in [-0.1, -0.05) is 52.3 Å². The van der Waals surface area contributed by atoms with E-state index in [4.69, 9.17) is 0 Å². The van der Waals surface area contributed by atoms with Gasteiger partial charge < -0.3 is 4.74 Å². The third-order valence-electron chi connectivity index (χ3n) is 3.77. The first kappa shape index (κ1) is 19.3. The van der Waals surface area contributed by atoms with Gasteiger partial charge in [-0.15, -0.1) is 6.58 Å². The van der Waals surface area contributed by atoms with Gasteiger partial charge in [-0.3, -0.25) is 0 Å². The molecule has 7 heteroatoms. The van der Waals surface area contributed by atoms with Gasteiger partial charge in [0.25, 0.3) is 0 Å². The first-order valence-electron chi connectivity index (χ1n) is 7.24. The summed E-state index contributed by atoms with van der Waals surface area (Å²) in [5, 5.41) is -3.35. The second-order valence-corrected chi connectivity index (χ2v) is 8.21. The van der Waals surface area contributed by atoms with E-state index in [9.17, 15) is 13.2 Å². The van der Waals surface area contributed by atoms with Gasteiger partial charge in [0.1, 0.15) is 0 Å². The van der Waals surface area contributed by atoms with E-state index < -0.39 is 26.7 Å². The molecule has 0 aliphatic heterocycles. The number of hydrogen-bond donors (Lipinski definition) is 0. The maximum atomic E-state index is 16.0. The molecule has 0 aliphatic carbocycles. The fourth-order valence-corrected chi connectivity index (χ4v) is 4.48. The predicted molar refractivity (Wildman–Crippen MR) is 96.6 cm³/mol. The number of sulfone groups is 1. The highest BCUT2D eigenvalue weighted by atomic mass is 79.9. The average Bonchev–Trinajstić information content (AvgIpc) is 2.63. The maximum absolute atomic E-state index is 16.0. The number of esters is 1. The first-order chi connectivity index (χ1) is 11.8. The van der Waals surface area contributed by atoms with Crippen molar-refractivity contribution in [2.24, 2.45) is 0 Å². The van der Waals surface area contributed by atoms with E-state index in [0.717, 1.165) is 17.7 Å². The second-order valence-electron chi connectivity index (χ2n) is 5.22. The zero-order chi connectivity index (χ0) is 18.7. The van der Waals surface area contributed by atoms with Crippen LogP contribution in [-0.2, 0) is 19.4 Å². The molecule has 4 nitrogen and oxygen atoms in total. The highest BCUT2D eigenvalue weighted by Crippen LogP contribution is 2.42. The number of benzene rings is 2. The molecule has 0 unspecified atom stereocenters. The van der Waals surface area contributed by atoms with Crippen LogP contribution in [0.4, 0.5) is 4.39 Å². The molecule has 0 radical (unpaired) electrons. The minimum atomic E-state index is -4.71. The van der Waals surface area contributed by atoms with Crippen LogP contribution in [0, 0.1) is 0 Å². The molecule has 0 fully saturated rings. The van der Waals surface area contributed by atoms with E-state index in [2.05, 4.69) is 27.2 Å².